The van der Waals surface area contributed by atoms with E-state index in [1.165, 1.54) is 0 Å². The molecule has 0 saturated carbocycles. The van der Waals surface area contributed by atoms with Crippen LogP contribution in [0.2, 0.25) is 0 Å². The second-order valence-electron chi connectivity index (χ2n) is 6.45. The molecule has 1 aromatic heterocycles. The van der Waals surface area contributed by atoms with Gasteiger partial charge in [-0.2, -0.15) is 10.1 Å². The summed E-state index contributed by atoms with van der Waals surface area (Å²) in [6.45, 7) is 1.56. The lowest BCUT2D eigenvalue weighted by Gasteiger charge is -2.22. The van der Waals surface area contributed by atoms with Crippen molar-refractivity contribution >= 4 is 28.6 Å². The molecular weight excluding hydrogens is 362 g/mol. The first-order valence-electron chi connectivity index (χ1n) is 8.42. The van der Waals surface area contributed by atoms with Gasteiger partial charge in [0.25, 0.3) is 17.4 Å². The summed E-state index contributed by atoms with van der Waals surface area (Å²) in [4.78, 5) is 49.8. The number of nitrogens with zero attached hydrogens (tertiary/aromatic N) is 2. The highest BCUT2D eigenvalue weighted by Crippen LogP contribution is 2.27. The quantitative estimate of drug-likeness (QED) is 0.588. The molecule has 1 fully saturated rings. The van der Waals surface area contributed by atoms with Gasteiger partial charge in [-0.3, -0.25) is 19.8 Å². The standard InChI is InChI=1S/C19H15N5O4/c1-19(11-7-3-2-4-8-11)17(27)24(18(28)20-19)23-16(26)14-12-9-5-6-10-13(12)15(25)22-21-14/h2-10H,1H3,(H,20,28)(H,22,25)(H,23,26)/t19-/m0/s1. The SMILES string of the molecule is C[C@@]1(c2ccccc2)NC(=O)N(NC(=O)c2n[nH]c(=O)c3ccccc23)C1=O. The Morgan fingerprint density at radius 2 is 1.64 bits per heavy atom. The number of nitrogens with one attached hydrogen (secondary N) is 3. The van der Waals surface area contributed by atoms with Crippen LogP contribution >= 0.6 is 0 Å². The average molecular weight is 377 g/mol. The molecule has 140 valence electrons. The van der Waals surface area contributed by atoms with Gasteiger partial charge < -0.3 is 5.32 Å². The third-order valence-electron chi connectivity index (χ3n) is 4.67. The van der Waals surface area contributed by atoms with Crippen LogP contribution in [0.1, 0.15) is 23.0 Å². The largest absolute Gasteiger partial charge is 0.344 e. The summed E-state index contributed by atoms with van der Waals surface area (Å²) in [6, 6.07) is 14.4. The molecular formula is C19H15N5O4. The fraction of sp³-hybridized carbons (Fsp3) is 0.105. The summed E-state index contributed by atoms with van der Waals surface area (Å²) in [5.74, 6) is -1.43. The molecule has 4 amide bonds. The lowest BCUT2D eigenvalue weighted by molar-refractivity contribution is -0.132. The molecule has 9 heteroatoms. The van der Waals surface area contributed by atoms with Crippen LogP contribution in [0.3, 0.4) is 0 Å². The predicted octanol–water partition coefficient (Wildman–Crippen LogP) is 1.04. The van der Waals surface area contributed by atoms with Gasteiger partial charge in [-0.05, 0) is 18.6 Å². The zero-order chi connectivity index (χ0) is 19.9. The van der Waals surface area contributed by atoms with Gasteiger partial charge in [0.15, 0.2) is 5.69 Å². The number of aromatic nitrogens is 2. The number of hydrazine groups is 1. The molecule has 0 unspecified atom stereocenters. The Hall–Kier alpha value is -4.01. The second-order valence-corrected chi connectivity index (χ2v) is 6.45. The summed E-state index contributed by atoms with van der Waals surface area (Å²) in [6.07, 6.45) is 0. The van der Waals surface area contributed by atoms with Gasteiger partial charge >= 0.3 is 6.03 Å². The number of H-pyrrole nitrogens is 1. The minimum Gasteiger partial charge on any atom is -0.318 e. The molecule has 4 rings (SSSR count). The van der Waals surface area contributed by atoms with Gasteiger partial charge in [-0.25, -0.2) is 9.89 Å². The summed E-state index contributed by atoms with van der Waals surface area (Å²) < 4.78 is 0. The lowest BCUT2D eigenvalue weighted by Crippen LogP contribution is -2.48. The van der Waals surface area contributed by atoms with Gasteiger partial charge in [-0.15, -0.1) is 0 Å². The molecule has 0 radical (unpaired) electrons. The van der Waals surface area contributed by atoms with E-state index in [2.05, 4.69) is 20.9 Å². The number of amides is 4. The highest BCUT2D eigenvalue weighted by atomic mass is 16.2. The molecule has 1 aliphatic heterocycles. The third kappa shape index (κ3) is 2.60. The number of carbonyl (C=O) groups is 3. The topological polar surface area (TPSA) is 124 Å². The highest BCUT2D eigenvalue weighted by molar-refractivity contribution is 6.11. The molecule has 0 bridgehead atoms. The average Bonchev–Trinajstić information content (AvgIpc) is 2.93. The number of rotatable bonds is 3. The summed E-state index contributed by atoms with van der Waals surface area (Å²) >= 11 is 0. The van der Waals surface area contributed by atoms with E-state index in [0.717, 1.165) is 0 Å². The van der Waals surface area contributed by atoms with Crippen LogP contribution in [0.15, 0.2) is 59.4 Å². The first-order valence-corrected chi connectivity index (χ1v) is 8.42. The van der Waals surface area contributed by atoms with Crippen molar-refractivity contribution in [3.8, 4) is 0 Å². The molecule has 3 aromatic rings. The number of imide groups is 1. The number of aromatic amines is 1. The van der Waals surface area contributed by atoms with Crippen LogP contribution in [0, 0.1) is 0 Å². The predicted molar refractivity (Wildman–Crippen MR) is 99.0 cm³/mol. The molecule has 1 atom stereocenters. The molecule has 1 aliphatic rings. The molecule has 2 heterocycles. The van der Waals surface area contributed by atoms with Crippen molar-refractivity contribution in [3.63, 3.8) is 0 Å². The van der Waals surface area contributed by atoms with Gasteiger partial charge in [0, 0.05) is 5.39 Å². The maximum Gasteiger partial charge on any atom is 0.344 e. The molecule has 1 saturated heterocycles. The molecule has 0 spiro atoms. The lowest BCUT2D eigenvalue weighted by atomic mass is 9.92. The maximum atomic E-state index is 12.9. The number of hydrogen-bond acceptors (Lipinski definition) is 5. The monoisotopic (exact) mass is 377 g/mol. The van der Waals surface area contributed by atoms with Crippen molar-refractivity contribution in [2.75, 3.05) is 0 Å². The van der Waals surface area contributed by atoms with Crippen LogP contribution in [0.25, 0.3) is 10.8 Å². The summed E-state index contributed by atoms with van der Waals surface area (Å²) in [5.41, 5.74) is 0.995. The van der Waals surface area contributed by atoms with Crippen molar-refractivity contribution in [1.82, 2.24) is 25.9 Å². The Morgan fingerprint density at radius 1 is 1.00 bits per heavy atom. The van der Waals surface area contributed by atoms with Crippen LogP contribution in [-0.4, -0.2) is 33.1 Å². The minimum atomic E-state index is -1.31. The Morgan fingerprint density at radius 3 is 2.36 bits per heavy atom. The van der Waals surface area contributed by atoms with Crippen LogP contribution in [0.4, 0.5) is 4.79 Å². The van der Waals surface area contributed by atoms with E-state index in [0.29, 0.717) is 16.0 Å². The fourth-order valence-electron chi connectivity index (χ4n) is 3.15. The van der Waals surface area contributed by atoms with Crippen LogP contribution in [-0.2, 0) is 10.3 Å². The van der Waals surface area contributed by atoms with E-state index in [1.807, 2.05) is 0 Å². The van der Waals surface area contributed by atoms with Gasteiger partial charge in [0.1, 0.15) is 5.54 Å². The minimum absolute atomic E-state index is 0.107. The fourth-order valence-corrected chi connectivity index (χ4v) is 3.15. The van der Waals surface area contributed by atoms with Gasteiger partial charge in [0.2, 0.25) is 0 Å². The number of carbonyl (C=O) groups excluding carboxylic acids is 3. The van der Waals surface area contributed by atoms with E-state index >= 15 is 0 Å². The van der Waals surface area contributed by atoms with Crippen molar-refractivity contribution < 1.29 is 14.4 Å². The first kappa shape index (κ1) is 17.4. The molecule has 2 aromatic carbocycles. The van der Waals surface area contributed by atoms with Gasteiger partial charge in [-0.1, -0.05) is 48.5 Å². The summed E-state index contributed by atoms with van der Waals surface area (Å²) in [5, 5.41) is 9.81. The maximum absolute atomic E-state index is 12.9. The van der Waals surface area contributed by atoms with E-state index in [9.17, 15) is 19.2 Å². The number of benzene rings is 2. The summed E-state index contributed by atoms with van der Waals surface area (Å²) in [7, 11) is 0. The zero-order valence-corrected chi connectivity index (χ0v) is 14.7. The number of fused-ring (bicyclic) bond motifs is 1. The van der Waals surface area contributed by atoms with E-state index in [4.69, 9.17) is 0 Å². The van der Waals surface area contributed by atoms with E-state index in [1.54, 1.807) is 61.5 Å². The Labute approximate surface area is 158 Å². The van der Waals surface area contributed by atoms with Crippen molar-refractivity contribution in [1.29, 1.82) is 0 Å². The van der Waals surface area contributed by atoms with Crippen LogP contribution < -0.4 is 16.3 Å². The van der Waals surface area contributed by atoms with Crippen LogP contribution in [0.5, 0.6) is 0 Å². The molecule has 0 aliphatic carbocycles. The number of hydrogen-bond donors (Lipinski definition) is 3. The Kier molecular flexibility index (Phi) is 3.92. The Bertz CT molecular complexity index is 1170. The number of urea groups is 1. The van der Waals surface area contributed by atoms with Crippen molar-refractivity contribution in [3.05, 3.63) is 76.2 Å². The van der Waals surface area contributed by atoms with Gasteiger partial charge in [0.05, 0.1) is 5.39 Å². The smallest absolute Gasteiger partial charge is 0.318 e. The molecule has 3 N–H and O–H groups in total. The molecule has 9 nitrogen and oxygen atoms in total. The second kappa shape index (κ2) is 6.31. The Balaban J connectivity index is 1.66. The zero-order valence-electron chi connectivity index (χ0n) is 14.7. The first-order chi connectivity index (χ1) is 13.4. The van der Waals surface area contributed by atoms with Crippen molar-refractivity contribution in [2.24, 2.45) is 0 Å². The van der Waals surface area contributed by atoms with Crippen molar-refractivity contribution in [2.45, 2.75) is 12.5 Å². The van der Waals surface area contributed by atoms with E-state index < -0.39 is 28.9 Å². The highest BCUT2D eigenvalue weighted by Gasteiger charge is 2.50. The molecule has 28 heavy (non-hydrogen) atoms. The van der Waals surface area contributed by atoms with E-state index in [-0.39, 0.29) is 11.1 Å². The normalized spacial score (nSPS) is 19.0. The third-order valence-corrected chi connectivity index (χ3v) is 4.67.